The summed E-state index contributed by atoms with van der Waals surface area (Å²) in [4.78, 5) is 33.5. The Balaban J connectivity index is 5.55. The molecule has 0 aromatic carbocycles. The fraction of sp³-hybridized carbons (Fsp3) is 0.300. The van der Waals surface area contributed by atoms with Gasteiger partial charge in [-0.15, -0.1) is 0 Å². The molecule has 0 aromatic rings. The summed E-state index contributed by atoms with van der Waals surface area (Å²) in [5.41, 5.74) is -3.53. The molecule has 82 valence electrons. The summed E-state index contributed by atoms with van der Waals surface area (Å²) in [5.74, 6) is -4.39. The van der Waals surface area contributed by atoms with E-state index in [4.69, 9.17) is 5.11 Å². The zero-order valence-electron chi connectivity index (χ0n) is 8.53. The minimum atomic E-state index is -3.10. The van der Waals surface area contributed by atoms with E-state index in [1.807, 2.05) is 0 Å². The smallest absolute Gasteiger partial charge is 0.352 e. The van der Waals surface area contributed by atoms with Crippen molar-refractivity contribution in [1.29, 1.82) is 0 Å². The maximum absolute atomic E-state index is 11.4. The zero-order valence-corrected chi connectivity index (χ0v) is 8.53. The molecule has 0 aliphatic carbocycles. The number of aliphatic hydroxyl groups is 1. The first kappa shape index (κ1) is 13.2. The van der Waals surface area contributed by atoms with E-state index in [1.165, 1.54) is 13.8 Å². The summed E-state index contributed by atoms with van der Waals surface area (Å²) in [6.45, 7) is 8.80. The lowest BCUT2D eigenvalue weighted by Crippen LogP contribution is -2.54. The Morgan fingerprint density at radius 1 is 1.00 bits per heavy atom. The zero-order chi connectivity index (χ0) is 12.4. The highest BCUT2D eigenvalue weighted by Gasteiger charge is 2.51. The highest BCUT2D eigenvalue weighted by Crippen LogP contribution is 2.17. The van der Waals surface area contributed by atoms with Crippen molar-refractivity contribution in [2.75, 3.05) is 0 Å². The van der Waals surface area contributed by atoms with Gasteiger partial charge in [-0.2, -0.15) is 0 Å². The van der Waals surface area contributed by atoms with Gasteiger partial charge < -0.3 is 10.2 Å². The summed E-state index contributed by atoms with van der Waals surface area (Å²) in [6, 6.07) is 0. The molecule has 5 heteroatoms. The number of carboxylic acid groups (broad SMARTS) is 1. The summed E-state index contributed by atoms with van der Waals surface area (Å²) in [7, 11) is 0. The van der Waals surface area contributed by atoms with Crippen molar-refractivity contribution in [2.45, 2.75) is 19.4 Å². The van der Waals surface area contributed by atoms with Crippen molar-refractivity contribution in [2.24, 2.45) is 0 Å². The predicted molar refractivity (Wildman–Crippen MR) is 52.2 cm³/mol. The van der Waals surface area contributed by atoms with Crippen LogP contribution >= 0.6 is 0 Å². The number of rotatable bonds is 5. The van der Waals surface area contributed by atoms with Crippen LogP contribution in [0.25, 0.3) is 0 Å². The molecule has 0 fully saturated rings. The van der Waals surface area contributed by atoms with E-state index < -0.39 is 23.1 Å². The van der Waals surface area contributed by atoms with Crippen molar-refractivity contribution in [3.05, 3.63) is 24.3 Å². The number of carboxylic acids is 1. The third kappa shape index (κ3) is 2.19. The Labute approximate surface area is 86.7 Å². The SMILES string of the molecule is C=C(C)C(=O)C(O)(C(=O)O)C(=O)C(=C)C. The van der Waals surface area contributed by atoms with Crippen LogP contribution in [-0.2, 0) is 14.4 Å². The van der Waals surface area contributed by atoms with Gasteiger partial charge in [-0.1, -0.05) is 13.2 Å². The standard InChI is InChI=1S/C10H12O5/c1-5(2)7(11)10(15,9(13)14)8(12)6(3)4/h15H,1,3H2,2,4H3,(H,13,14). The Kier molecular flexibility index (Phi) is 3.70. The quantitative estimate of drug-likeness (QED) is 0.498. The Morgan fingerprint density at radius 3 is 1.40 bits per heavy atom. The number of hydrogen-bond donors (Lipinski definition) is 2. The van der Waals surface area contributed by atoms with Crippen LogP contribution in [0.5, 0.6) is 0 Å². The van der Waals surface area contributed by atoms with Crippen molar-refractivity contribution >= 4 is 17.5 Å². The monoisotopic (exact) mass is 212 g/mol. The Hall–Kier alpha value is -1.75. The van der Waals surface area contributed by atoms with Crippen LogP contribution in [0.15, 0.2) is 24.3 Å². The largest absolute Gasteiger partial charge is 0.478 e. The summed E-state index contributed by atoms with van der Waals surface area (Å²) in [6.07, 6.45) is 0. The first-order valence-electron chi connectivity index (χ1n) is 4.02. The van der Waals surface area contributed by atoms with Crippen LogP contribution in [0, 0.1) is 0 Å². The maximum atomic E-state index is 11.4. The molecule has 2 N–H and O–H groups in total. The third-order valence-corrected chi connectivity index (χ3v) is 1.74. The fourth-order valence-electron chi connectivity index (χ4n) is 0.915. The molecule has 0 aromatic heterocycles. The van der Waals surface area contributed by atoms with Gasteiger partial charge >= 0.3 is 5.97 Å². The molecule has 0 aliphatic rings. The van der Waals surface area contributed by atoms with Crippen LogP contribution in [0.1, 0.15) is 13.8 Å². The molecule has 0 amide bonds. The second-order valence-electron chi connectivity index (χ2n) is 3.23. The second kappa shape index (κ2) is 4.18. The Bertz CT molecular complexity index is 338. The molecule has 0 spiro atoms. The molecule has 5 nitrogen and oxygen atoms in total. The minimum absolute atomic E-state index is 0.213. The van der Waals surface area contributed by atoms with Gasteiger partial charge in [-0.05, 0) is 25.0 Å². The van der Waals surface area contributed by atoms with E-state index >= 15 is 0 Å². The maximum Gasteiger partial charge on any atom is 0.352 e. The van der Waals surface area contributed by atoms with E-state index in [0.29, 0.717) is 0 Å². The van der Waals surface area contributed by atoms with Gasteiger partial charge in [-0.25, -0.2) is 4.79 Å². The number of carbonyl (C=O) groups is 3. The minimum Gasteiger partial charge on any atom is -0.478 e. The normalized spacial score (nSPS) is 10.6. The van der Waals surface area contributed by atoms with Crippen LogP contribution in [-0.4, -0.2) is 33.3 Å². The lowest BCUT2D eigenvalue weighted by Gasteiger charge is -2.20. The van der Waals surface area contributed by atoms with Gasteiger partial charge in [0.15, 0.2) is 0 Å². The highest BCUT2D eigenvalue weighted by molar-refractivity contribution is 6.33. The van der Waals surface area contributed by atoms with Crippen LogP contribution < -0.4 is 0 Å². The van der Waals surface area contributed by atoms with Crippen molar-refractivity contribution in [1.82, 2.24) is 0 Å². The van der Waals surface area contributed by atoms with Gasteiger partial charge in [-0.3, -0.25) is 9.59 Å². The van der Waals surface area contributed by atoms with Crippen LogP contribution in [0.2, 0.25) is 0 Å². The van der Waals surface area contributed by atoms with E-state index in [9.17, 15) is 19.5 Å². The third-order valence-electron chi connectivity index (χ3n) is 1.74. The van der Waals surface area contributed by atoms with Crippen LogP contribution in [0.3, 0.4) is 0 Å². The molecule has 15 heavy (non-hydrogen) atoms. The predicted octanol–water partition coefficient (Wildman–Crippen LogP) is 0.0925. The topological polar surface area (TPSA) is 91.7 Å². The molecule has 0 aliphatic heterocycles. The van der Waals surface area contributed by atoms with Crippen molar-refractivity contribution in [3.63, 3.8) is 0 Å². The molecule has 0 atom stereocenters. The summed E-state index contributed by atoms with van der Waals surface area (Å²) >= 11 is 0. The molecule has 0 radical (unpaired) electrons. The van der Waals surface area contributed by atoms with Gasteiger partial charge in [0.25, 0.3) is 5.60 Å². The Morgan fingerprint density at radius 2 is 1.27 bits per heavy atom. The molecule has 0 bridgehead atoms. The van der Waals surface area contributed by atoms with E-state index in [0.717, 1.165) is 0 Å². The second-order valence-corrected chi connectivity index (χ2v) is 3.23. The molecular weight excluding hydrogens is 200 g/mol. The number of hydrogen-bond acceptors (Lipinski definition) is 4. The van der Waals surface area contributed by atoms with Gasteiger partial charge in [0.2, 0.25) is 11.6 Å². The van der Waals surface area contributed by atoms with Gasteiger partial charge in [0, 0.05) is 0 Å². The van der Waals surface area contributed by atoms with Gasteiger partial charge in [0.05, 0.1) is 0 Å². The number of aliphatic carboxylic acids is 1. The molecular formula is C10H12O5. The van der Waals surface area contributed by atoms with Crippen molar-refractivity contribution in [3.8, 4) is 0 Å². The molecule has 0 rings (SSSR count). The number of carbonyl (C=O) groups excluding carboxylic acids is 2. The van der Waals surface area contributed by atoms with E-state index in [2.05, 4.69) is 13.2 Å². The summed E-state index contributed by atoms with van der Waals surface area (Å²) < 4.78 is 0. The molecule has 0 heterocycles. The number of Topliss-reactive ketones (excluding diaryl/α,β-unsaturated/α-hetero) is 2. The summed E-state index contributed by atoms with van der Waals surface area (Å²) in [5, 5.41) is 18.2. The molecule has 0 unspecified atom stereocenters. The lowest BCUT2D eigenvalue weighted by atomic mass is 9.87. The lowest BCUT2D eigenvalue weighted by molar-refractivity contribution is -0.167. The van der Waals surface area contributed by atoms with Crippen LogP contribution in [0.4, 0.5) is 0 Å². The molecule has 0 saturated heterocycles. The average Bonchev–Trinajstić information content (AvgIpc) is 2.13. The van der Waals surface area contributed by atoms with E-state index in [-0.39, 0.29) is 11.1 Å². The number of ketones is 2. The first-order valence-corrected chi connectivity index (χ1v) is 4.02. The fourth-order valence-corrected chi connectivity index (χ4v) is 0.915. The first-order chi connectivity index (χ1) is 6.65. The average molecular weight is 212 g/mol. The molecule has 0 saturated carbocycles. The van der Waals surface area contributed by atoms with E-state index in [1.54, 1.807) is 0 Å². The van der Waals surface area contributed by atoms with Gasteiger partial charge in [0.1, 0.15) is 0 Å². The highest BCUT2D eigenvalue weighted by atomic mass is 16.4. The van der Waals surface area contributed by atoms with Crippen molar-refractivity contribution < 1.29 is 24.6 Å².